The van der Waals surface area contributed by atoms with Crippen LogP contribution in [0.25, 0.3) is 0 Å². The lowest BCUT2D eigenvalue weighted by atomic mass is 10.1. The number of rotatable bonds is 5. The molecule has 2 fully saturated rings. The first kappa shape index (κ1) is 17.4. The fraction of sp³-hybridized carbons (Fsp3) is 0.632. The maximum Gasteiger partial charge on any atom is 0.222 e. The van der Waals surface area contributed by atoms with Crippen LogP contribution in [0.15, 0.2) is 24.3 Å². The maximum atomic E-state index is 13.7. The fourth-order valence-electron chi connectivity index (χ4n) is 4.14. The monoisotopic (exact) mass is 334 g/mol. The van der Waals surface area contributed by atoms with E-state index < -0.39 is 6.10 Å². The average Bonchev–Trinajstić information content (AvgIpc) is 3.22. The van der Waals surface area contributed by atoms with E-state index in [-0.39, 0.29) is 30.2 Å². The van der Waals surface area contributed by atoms with E-state index >= 15 is 0 Å². The van der Waals surface area contributed by atoms with Gasteiger partial charge in [-0.2, -0.15) is 0 Å². The van der Waals surface area contributed by atoms with Crippen molar-refractivity contribution in [3.8, 4) is 0 Å². The number of amides is 1. The largest absolute Gasteiger partial charge is 0.389 e. The van der Waals surface area contributed by atoms with Gasteiger partial charge in [0.15, 0.2) is 0 Å². The molecule has 1 aliphatic heterocycles. The van der Waals surface area contributed by atoms with Crippen molar-refractivity contribution in [2.24, 2.45) is 0 Å². The topological polar surface area (TPSA) is 43.8 Å². The summed E-state index contributed by atoms with van der Waals surface area (Å²) in [5, 5.41) is 10.7. The third kappa shape index (κ3) is 3.62. The van der Waals surface area contributed by atoms with E-state index in [1.165, 1.54) is 18.9 Å². The second kappa shape index (κ2) is 7.62. The van der Waals surface area contributed by atoms with Gasteiger partial charge in [-0.3, -0.25) is 9.69 Å². The molecule has 0 spiro atoms. The third-order valence-corrected chi connectivity index (χ3v) is 5.61. The Morgan fingerprint density at radius 3 is 2.71 bits per heavy atom. The predicted molar refractivity (Wildman–Crippen MR) is 91.1 cm³/mol. The van der Waals surface area contributed by atoms with Crippen molar-refractivity contribution in [2.45, 2.75) is 56.7 Å². The molecule has 2 aliphatic rings. The van der Waals surface area contributed by atoms with Crippen molar-refractivity contribution in [2.75, 3.05) is 20.1 Å². The van der Waals surface area contributed by atoms with Gasteiger partial charge in [0.2, 0.25) is 5.91 Å². The molecular formula is C19H27FN2O2. The van der Waals surface area contributed by atoms with Crippen LogP contribution in [0.5, 0.6) is 0 Å². The smallest absolute Gasteiger partial charge is 0.222 e. The minimum absolute atomic E-state index is 0.0237. The van der Waals surface area contributed by atoms with Gasteiger partial charge in [-0.1, -0.05) is 18.2 Å². The molecule has 1 amide bonds. The molecule has 1 heterocycles. The molecule has 1 saturated carbocycles. The molecule has 1 aliphatic carbocycles. The number of hydrogen-bond acceptors (Lipinski definition) is 3. The lowest BCUT2D eigenvalue weighted by molar-refractivity contribution is -0.134. The lowest BCUT2D eigenvalue weighted by Gasteiger charge is -2.32. The predicted octanol–water partition coefficient (Wildman–Crippen LogP) is 2.20. The molecule has 1 aromatic rings. The van der Waals surface area contributed by atoms with Crippen LogP contribution in [0.2, 0.25) is 0 Å². The number of likely N-dealkylation sites (N-methyl/N-ethyl adjacent to an activating group) is 1. The van der Waals surface area contributed by atoms with E-state index in [0.29, 0.717) is 12.0 Å². The molecule has 3 rings (SSSR count). The zero-order valence-electron chi connectivity index (χ0n) is 14.3. The summed E-state index contributed by atoms with van der Waals surface area (Å²) in [6.07, 6.45) is 4.37. The number of aliphatic hydroxyl groups is 1. The number of aliphatic hydroxyl groups excluding tert-OH is 1. The normalized spacial score (nSPS) is 27.5. The number of benzene rings is 1. The van der Waals surface area contributed by atoms with E-state index in [2.05, 4.69) is 4.90 Å². The van der Waals surface area contributed by atoms with Gasteiger partial charge in [0.1, 0.15) is 5.82 Å². The van der Waals surface area contributed by atoms with Crippen molar-refractivity contribution in [3.05, 3.63) is 35.6 Å². The first-order chi connectivity index (χ1) is 11.6. The summed E-state index contributed by atoms with van der Waals surface area (Å²) in [5.41, 5.74) is 0.571. The van der Waals surface area contributed by atoms with Gasteiger partial charge in [0.05, 0.1) is 12.1 Å². The van der Waals surface area contributed by atoms with Gasteiger partial charge in [0, 0.05) is 19.5 Å². The Hall–Kier alpha value is -1.46. The second-order valence-corrected chi connectivity index (χ2v) is 7.04. The number of carbonyl (C=O) groups is 1. The molecular weight excluding hydrogens is 307 g/mol. The van der Waals surface area contributed by atoms with Crippen LogP contribution in [-0.4, -0.2) is 59.1 Å². The van der Waals surface area contributed by atoms with Crippen LogP contribution < -0.4 is 0 Å². The van der Waals surface area contributed by atoms with Crippen LogP contribution in [0, 0.1) is 5.82 Å². The van der Waals surface area contributed by atoms with Crippen molar-refractivity contribution < 1.29 is 14.3 Å². The van der Waals surface area contributed by atoms with Gasteiger partial charge in [-0.05, 0) is 56.8 Å². The van der Waals surface area contributed by atoms with E-state index in [1.807, 2.05) is 0 Å². The van der Waals surface area contributed by atoms with Crippen molar-refractivity contribution >= 4 is 5.91 Å². The standard InChI is InChI=1S/C19H27FN2O2/c1-21(18(23)11-8-14-6-2-3-7-15(14)20)16-9-10-17(19(16)24)22-12-4-5-13-22/h2-3,6-7,16-17,19,24H,4-5,8-13H2,1H3/t16-,17-,19-/m1/s1. The fourth-order valence-corrected chi connectivity index (χ4v) is 4.14. The van der Waals surface area contributed by atoms with Crippen molar-refractivity contribution in [3.63, 3.8) is 0 Å². The third-order valence-electron chi connectivity index (χ3n) is 5.61. The highest BCUT2D eigenvalue weighted by molar-refractivity contribution is 5.76. The highest BCUT2D eigenvalue weighted by atomic mass is 19.1. The highest BCUT2D eigenvalue weighted by Gasteiger charge is 2.41. The van der Waals surface area contributed by atoms with Gasteiger partial charge in [0.25, 0.3) is 0 Å². The lowest BCUT2D eigenvalue weighted by Crippen LogP contribution is -2.48. The van der Waals surface area contributed by atoms with Gasteiger partial charge >= 0.3 is 0 Å². The zero-order valence-corrected chi connectivity index (χ0v) is 14.3. The molecule has 24 heavy (non-hydrogen) atoms. The SMILES string of the molecule is CN(C(=O)CCc1ccccc1F)[C@@H]1CC[C@@H](N2CCCC2)[C@@H]1O. The molecule has 1 saturated heterocycles. The molecule has 1 N–H and O–H groups in total. The molecule has 1 aromatic carbocycles. The summed E-state index contributed by atoms with van der Waals surface area (Å²) in [7, 11) is 1.77. The average molecular weight is 334 g/mol. The van der Waals surface area contributed by atoms with E-state index in [9.17, 15) is 14.3 Å². The van der Waals surface area contributed by atoms with Crippen LogP contribution in [0.3, 0.4) is 0 Å². The molecule has 132 valence electrons. The van der Waals surface area contributed by atoms with Crippen molar-refractivity contribution in [1.82, 2.24) is 9.80 Å². The number of halogens is 1. The van der Waals surface area contributed by atoms with Crippen molar-refractivity contribution in [1.29, 1.82) is 0 Å². The minimum atomic E-state index is -0.481. The molecule has 3 atom stereocenters. The van der Waals surface area contributed by atoms with E-state index in [1.54, 1.807) is 30.1 Å². The van der Waals surface area contributed by atoms with Crippen LogP contribution in [0.4, 0.5) is 4.39 Å². The Morgan fingerprint density at radius 2 is 2.00 bits per heavy atom. The molecule has 0 bridgehead atoms. The van der Waals surface area contributed by atoms with Crippen LogP contribution in [0.1, 0.15) is 37.7 Å². The highest BCUT2D eigenvalue weighted by Crippen LogP contribution is 2.30. The van der Waals surface area contributed by atoms with Gasteiger partial charge in [-0.15, -0.1) is 0 Å². The summed E-state index contributed by atoms with van der Waals surface area (Å²) < 4.78 is 13.7. The number of likely N-dealkylation sites (tertiary alicyclic amines) is 1. The summed E-state index contributed by atoms with van der Waals surface area (Å²) in [5.74, 6) is -0.285. The Labute approximate surface area is 143 Å². The Bertz CT molecular complexity index is 574. The number of nitrogens with zero attached hydrogens (tertiary/aromatic N) is 2. The van der Waals surface area contributed by atoms with E-state index in [0.717, 1.165) is 25.9 Å². The zero-order chi connectivity index (χ0) is 17.1. The molecule has 0 aromatic heterocycles. The summed E-state index contributed by atoms with van der Waals surface area (Å²) in [4.78, 5) is 16.5. The molecule has 0 radical (unpaired) electrons. The first-order valence-electron chi connectivity index (χ1n) is 8.99. The summed E-state index contributed by atoms with van der Waals surface area (Å²) in [6, 6.07) is 6.64. The Morgan fingerprint density at radius 1 is 1.29 bits per heavy atom. The molecule has 4 nitrogen and oxygen atoms in total. The Balaban J connectivity index is 1.54. The number of carbonyl (C=O) groups excluding carboxylic acids is 1. The summed E-state index contributed by atoms with van der Waals surface area (Å²) >= 11 is 0. The van der Waals surface area contributed by atoms with Gasteiger partial charge < -0.3 is 10.0 Å². The number of aryl methyl sites for hydroxylation is 1. The molecule has 5 heteroatoms. The van der Waals surface area contributed by atoms with Crippen LogP contribution >= 0.6 is 0 Å². The quantitative estimate of drug-likeness (QED) is 0.898. The Kier molecular flexibility index (Phi) is 5.51. The van der Waals surface area contributed by atoms with E-state index in [4.69, 9.17) is 0 Å². The second-order valence-electron chi connectivity index (χ2n) is 7.04. The molecule has 0 unspecified atom stereocenters. The number of hydrogen-bond donors (Lipinski definition) is 1. The van der Waals surface area contributed by atoms with Gasteiger partial charge in [-0.25, -0.2) is 4.39 Å². The maximum absolute atomic E-state index is 13.7. The van der Waals surface area contributed by atoms with Crippen LogP contribution in [-0.2, 0) is 11.2 Å². The summed E-state index contributed by atoms with van der Waals surface area (Å²) in [6.45, 7) is 2.11. The first-order valence-corrected chi connectivity index (χ1v) is 8.99. The minimum Gasteiger partial charge on any atom is -0.389 e.